The highest BCUT2D eigenvalue weighted by Gasteiger charge is 2.18. The van der Waals surface area contributed by atoms with Crippen LogP contribution < -0.4 is 10.0 Å². The van der Waals surface area contributed by atoms with Gasteiger partial charge in [-0.15, -0.1) is 12.4 Å². The first-order valence-electron chi connectivity index (χ1n) is 6.79. The zero-order valence-electron chi connectivity index (χ0n) is 12.3. The van der Waals surface area contributed by atoms with Crippen molar-refractivity contribution in [2.75, 3.05) is 25.9 Å². The van der Waals surface area contributed by atoms with Crippen molar-refractivity contribution in [3.05, 3.63) is 24.3 Å². The van der Waals surface area contributed by atoms with Gasteiger partial charge in [0, 0.05) is 12.8 Å². The molecule has 0 bridgehead atoms. The fraction of sp³-hybridized carbons (Fsp3) is 0.538. The average molecular weight is 369 g/mol. The maximum absolute atomic E-state index is 12.1. The fourth-order valence-electron chi connectivity index (χ4n) is 2.31. The van der Waals surface area contributed by atoms with Crippen LogP contribution >= 0.6 is 12.4 Å². The van der Waals surface area contributed by atoms with Crippen LogP contribution in [0.1, 0.15) is 12.8 Å². The van der Waals surface area contributed by atoms with Gasteiger partial charge in [-0.3, -0.25) is 0 Å². The number of benzene rings is 1. The first-order valence-corrected chi connectivity index (χ1v) is 10.2. The zero-order valence-corrected chi connectivity index (χ0v) is 14.7. The van der Waals surface area contributed by atoms with E-state index in [1.807, 2.05) is 0 Å². The summed E-state index contributed by atoms with van der Waals surface area (Å²) in [6.07, 6.45) is 2.96. The van der Waals surface area contributed by atoms with Gasteiger partial charge in [-0.05, 0) is 56.1 Å². The maximum atomic E-state index is 12.1. The minimum Gasteiger partial charge on any atom is -0.316 e. The van der Waals surface area contributed by atoms with Crippen molar-refractivity contribution in [1.82, 2.24) is 10.0 Å². The molecule has 1 unspecified atom stereocenters. The lowest BCUT2D eigenvalue weighted by molar-refractivity contribution is 0.519. The number of sulfone groups is 1. The van der Waals surface area contributed by atoms with Crippen LogP contribution in [-0.4, -0.2) is 42.7 Å². The summed E-state index contributed by atoms with van der Waals surface area (Å²) in [6, 6.07) is 5.25. The Labute approximate surface area is 138 Å². The molecule has 1 atom stereocenters. The van der Waals surface area contributed by atoms with Crippen LogP contribution in [-0.2, 0) is 19.9 Å². The Morgan fingerprint density at radius 1 is 1.14 bits per heavy atom. The van der Waals surface area contributed by atoms with Crippen molar-refractivity contribution in [1.29, 1.82) is 0 Å². The van der Waals surface area contributed by atoms with E-state index < -0.39 is 19.9 Å². The van der Waals surface area contributed by atoms with Crippen LogP contribution in [0.3, 0.4) is 0 Å². The lowest BCUT2D eigenvalue weighted by Gasteiger charge is -2.10. The average Bonchev–Trinajstić information content (AvgIpc) is 2.91. The van der Waals surface area contributed by atoms with Gasteiger partial charge >= 0.3 is 0 Å². The van der Waals surface area contributed by atoms with Gasteiger partial charge in [0.25, 0.3) is 0 Å². The van der Waals surface area contributed by atoms with Crippen molar-refractivity contribution in [3.63, 3.8) is 0 Å². The molecule has 1 aromatic rings. The molecule has 0 amide bonds. The van der Waals surface area contributed by atoms with Crippen molar-refractivity contribution in [2.24, 2.45) is 5.92 Å². The molecule has 6 nitrogen and oxygen atoms in total. The number of rotatable bonds is 6. The Kier molecular flexibility index (Phi) is 6.82. The maximum Gasteiger partial charge on any atom is 0.240 e. The van der Waals surface area contributed by atoms with E-state index in [4.69, 9.17) is 0 Å². The van der Waals surface area contributed by atoms with E-state index in [0.717, 1.165) is 32.2 Å². The molecule has 0 aliphatic carbocycles. The Bertz CT molecular complexity index is 681. The smallest absolute Gasteiger partial charge is 0.240 e. The Balaban J connectivity index is 0.00000242. The molecular formula is C13H21ClN2O4S2. The van der Waals surface area contributed by atoms with Crippen molar-refractivity contribution >= 4 is 32.3 Å². The Hall–Kier alpha value is -0.670. The topological polar surface area (TPSA) is 92.3 Å². The van der Waals surface area contributed by atoms with Crippen molar-refractivity contribution in [2.45, 2.75) is 22.6 Å². The highest BCUT2D eigenvalue weighted by Crippen LogP contribution is 2.15. The van der Waals surface area contributed by atoms with Crippen molar-refractivity contribution in [3.8, 4) is 0 Å². The molecule has 22 heavy (non-hydrogen) atoms. The van der Waals surface area contributed by atoms with Crippen LogP contribution in [0.5, 0.6) is 0 Å². The molecular weight excluding hydrogens is 348 g/mol. The van der Waals surface area contributed by atoms with Crippen LogP contribution in [0.15, 0.2) is 34.1 Å². The number of sulfonamides is 1. The second kappa shape index (κ2) is 7.74. The van der Waals surface area contributed by atoms with E-state index in [0.29, 0.717) is 12.5 Å². The predicted octanol–water partition coefficient (Wildman–Crippen LogP) is 0.790. The number of hydrogen-bond acceptors (Lipinski definition) is 5. The summed E-state index contributed by atoms with van der Waals surface area (Å²) < 4.78 is 49.4. The van der Waals surface area contributed by atoms with Gasteiger partial charge in [0.1, 0.15) is 0 Å². The minimum absolute atomic E-state index is 0. The van der Waals surface area contributed by atoms with E-state index in [1.165, 1.54) is 24.3 Å². The number of halogens is 1. The second-order valence-corrected chi connectivity index (χ2v) is 9.07. The predicted molar refractivity (Wildman–Crippen MR) is 87.6 cm³/mol. The van der Waals surface area contributed by atoms with Gasteiger partial charge in [0.2, 0.25) is 10.0 Å². The van der Waals surface area contributed by atoms with Gasteiger partial charge in [0.05, 0.1) is 9.79 Å². The highest BCUT2D eigenvalue weighted by molar-refractivity contribution is 7.90. The molecule has 0 spiro atoms. The fourth-order valence-corrected chi connectivity index (χ4v) is 3.99. The van der Waals surface area contributed by atoms with E-state index in [2.05, 4.69) is 10.0 Å². The van der Waals surface area contributed by atoms with E-state index in [9.17, 15) is 16.8 Å². The minimum atomic E-state index is -3.58. The summed E-state index contributed by atoms with van der Waals surface area (Å²) in [5.41, 5.74) is 0. The first kappa shape index (κ1) is 19.4. The van der Waals surface area contributed by atoms with E-state index in [-0.39, 0.29) is 22.2 Å². The largest absolute Gasteiger partial charge is 0.316 e. The van der Waals surface area contributed by atoms with Gasteiger partial charge in [-0.25, -0.2) is 21.6 Å². The van der Waals surface area contributed by atoms with Gasteiger partial charge in [-0.2, -0.15) is 0 Å². The summed E-state index contributed by atoms with van der Waals surface area (Å²) in [7, 11) is -6.89. The molecule has 0 aromatic heterocycles. The van der Waals surface area contributed by atoms with E-state index >= 15 is 0 Å². The summed E-state index contributed by atoms with van der Waals surface area (Å²) >= 11 is 0. The standard InChI is InChI=1S/C13H20N2O4S2.ClH/c1-20(16,17)12-2-4-13(5-3-12)21(18,19)15-9-7-11-6-8-14-10-11;/h2-5,11,14-15H,6-10H2,1H3;1H. The lowest BCUT2D eigenvalue weighted by atomic mass is 10.1. The van der Waals surface area contributed by atoms with Crippen LogP contribution in [0.4, 0.5) is 0 Å². The monoisotopic (exact) mass is 368 g/mol. The SMILES string of the molecule is CS(=O)(=O)c1ccc(S(=O)(=O)NCCC2CCNC2)cc1.Cl. The van der Waals surface area contributed by atoms with Crippen molar-refractivity contribution < 1.29 is 16.8 Å². The lowest BCUT2D eigenvalue weighted by Crippen LogP contribution is -2.26. The Morgan fingerprint density at radius 3 is 2.23 bits per heavy atom. The molecule has 0 saturated carbocycles. The summed E-state index contributed by atoms with van der Waals surface area (Å²) in [5, 5.41) is 3.24. The molecule has 1 aliphatic rings. The first-order chi connectivity index (χ1) is 9.79. The van der Waals surface area contributed by atoms with Crippen LogP contribution in [0.25, 0.3) is 0 Å². The summed E-state index contributed by atoms with van der Waals surface area (Å²) in [5.74, 6) is 0.514. The second-order valence-electron chi connectivity index (χ2n) is 5.29. The van der Waals surface area contributed by atoms with Crippen LogP contribution in [0, 0.1) is 5.92 Å². The number of nitrogens with one attached hydrogen (secondary N) is 2. The van der Waals surface area contributed by atoms with Gasteiger partial charge in [-0.1, -0.05) is 0 Å². The molecule has 2 rings (SSSR count). The number of hydrogen-bond donors (Lipinski definition) is 2. The molecule has 1 saturated heterocycles. The zero-order chi connectivity index (χ0) is 15.5. The molecule has 2 N–H and O–H groups in total. The summed E-state index contributed by atoms with van der Waals surface area (Å²) in [4.78, 5) is 0.193. The molecule has 0 radical (unpaired) electrons. The normalized spacial score (nSPS) is 18.9. The molecule has 9 heteroatoms. The van der Waals surface area contributed by atoms with Gasteiger partial charge in [0.15, 0.2) is 9.84 Å². The molecule has 1 fully saturated rings. The molecule has 1 heterocycles. The quantitative estimate of drug-likeness (QED) is 0.774. The third-order valence-corrected chi connectivity index (χ3v) is 6.17. The third kappa shape index (κ3) is 5.20. The molecule has 1 aliphatic heterocycles. The molecule has 126 valence electrons. The highest BCUT2D eigenvalue weighted by atomic mass is 35.5. The summed E-state index contributed by atoms with van der Waals surface area (Å²) in [6.45, 7) is 2.32. The van der Waals surface area contributed by atoms with Crippen LogP contribution in [0.2, 0.25) is 0 Å². The van der Waals surface area contributed by atoms with Gasteiger partial charge < -0.3 is 5.32 Å². The molecule has 1 aromatic carbocycles. The van der Waals surface area contributed by atoms with E-state index in [1.54, 1.807) is 0 Å². The Morgan fingerprint density at radius 2 is 1.73 bits per heavy atom. The third-order valence-electron chi connectivity index (χ3n) is 3.57.